The Morgan fingerprint density at radius 2 is 2.25 bits per heavy atom. The Balaban J connectivity index is 2.80. The monoisotopic (exact) mass is 221 g/mol. The zero-order valence-corrected chi connectivity index (χ0v) is 8.97. The van der Waals surface area contributed by atoms with Gasteiger partial charge in [0.1, 0.15) is 6.54 Å². The average Bonchev–Trinajstić information content (AvgIpc) is 2.54. The third-order valence-electron chi connectivity index (χ3n) is 2.39. The van der Waals surface area contributed by atoms with Crippen LogP contribution < -0.4 is 5.56 Å². The van der Waals surface area contributed by atoms with Gasteiger partial charge in [0.05, 0.1) is 0 Å². The molecule has 0 amide bonds. The molecule has 0 saturated carbocycles. The minimum Gasteiger partial charge on any atom is -0.480 e. The molecule has 0 aliphatic rings. The Morgan fingerprint density at radius 3 is 2.88 bits per heavy atom. The van der Waals surface area contributed by atoms with E-state index in [1.54, 1.807) is 24.9 Å². The number of hydrogen-bond acceptors (Lipinski definition) is 3. The number of carbonyl (C=O) groups is 1. The molecule has 0 spiro atoms. The number of aliphatic carboxylic acids is 1. The Bertz CT molecular complexity index is 624. The molecule has 0 aliphatic carbocycles. The molecule has 0 aromatic carbocycles. The Kier molecular flexibility index (Phi) is 2.26. The first-order chi connectivity index (χ1) is 7.49. The zero-order valence-electron chi connectivity index (χ0n) is 8.97. The highest BCUT2D eigenvalue weighted by Crippen LogP contribution is 2.13. The summed E-state index contributed by atoms with van der Waals surface area (Å²) < 4.78 is 2.72. The molecule has 16 heavy (non-hydrogen) atoms. The van der Waals surface area contributed by atoms with Gasteiger partial charge in [-0.15, -0.1) is 0 Å². The van der Waals surface area contributed by atoms with Gasteiger partial charge in [-0.2, -0.15) is 5.10 Å². The van der Waals surface area contributed by atoms with E-state index in [0.717, 1.165) is 15.5 Å². The molecule has 0 saturated heterocycles. The maximum atomic E-state index is 11.6. The predicted molar refractivity (Wildman–Crippen MR) is 57.3 cm³/mol. The van der Waals surface area contributed by atoms with Crippen molar-refractivity contribution < 1.29 is 9.90 Å². The highest BCUT2D eigenvalue weighted by Gasteiger charge is 2.11. The highest BCUT2D eigenvalue weighted by atomic mass is 16.4. The third kappa shape index (κ3) is 1.58. The molecule has 2 heterocycles. The van der Waals surface area contributed by atoms with Gasteiger partial charge >= 0.3 is 5.97 Å². The number of pyridine rings is 1. The van der Waals surface area contributed by atoms with E-state index in [1.165, 1.54) is 6.07 Å². The summed E-state index contributed by atoms with van der Waals surface area (Å²) >= 11 is 0. The summed E-state index contributed by atoms with van der Waals surface area (Å²) in [6.45, 7) is 1.43. The lowest BCUT2D eigenvalue weighted by molar-refractivity contribution is -0.137. The lowest BCUT2D eigenvalue weighted by atomic mass is 10.2. The summed E-state index contributed by atoms with van der Waals surface area (Å²) in [6.07, 6.45) is 1.77. The summed E-state index contributed by atoms with van der Waals surface area (Å²) in [5.41, 5.74) is 0.871. The summed E-state index contributed by atoms with van der Waals surface area (Å²) in [4.78, 5) is 22.3. The molecule has 2 aromatic rings. The number of aromatic nitrogens is 3. The van der Waals surface area contributed by atoms with Gasteiger partial charge in [-0.05, 0) is 12.5 Å². The highest BCUT2D eigenvalue weighted by molar-refractivity contribution is 5.79. The molecule has 0 atom stereocenters. The van der Waals surface area contributed by atoms with Crippen LogP contribution in [0.4, 0.5) is 0 Å². The number of carboxylic acids is 1. The van der Waals surface area contributed by atoms with E-state index >= 15 is 0 Å². The molecule has 6 heteroatoms. The van der Waals surface area contributed by atoms with Crippen molar-refractivity contribution in [3.8, 4) is 0 Å². The second-order valence-corrected chi connectivity index (χ2v) is 3.69. The van der Waals surface area contributed by atoms with E-state index in [9.17, 15) is 9.59 Å². The van der Waals surface area contributed by atoms with Gasteiger partial charge in [0.2, 0.25) is 0 Å². The molecular formula is C10H11N3O3. The van der Waals surface area contributed by atoms with Gasteiger partial charge < -0.3 is 5.11 Å². The second-order valence-electron chi connectivity index (χ2n) is 3.69. The number of nitrogens with zero attached hydrogens (tertiary/aromatic N) is 3. The smallest absolute Gasteiger partial charge is 0.323 e. The van der Waals surface area contributed by atoms with Gasteiger partial charge in [-0.1, -0.05) is 0 Å². The van der Waals surface area contributed by atoms with E-state index in [4.69, 9.17) is 5.11 Å². The maximum Gasteiger partial charge on any atom is 0.323 e. The summed E-state index contributed by atoms with van der Waals surface area (Å²) in [6, 6.07) is 1.42. The summed E-state index contributed by atoms with van der Waals surface area (Å²) in [7, 11) is 1.73. The van der Waals surface area contributed by atoms with Gasteiger partial charge in [0.15, 0.2) is 5.65 Å². The normalized spacial score (nSPS) is 10.9. The number of hydrogen-bond donors (Lipinski definition) is 1. The minimum atomic E-state index is -1.06. The van der Waals surface area contributed by atoms with E-state index < -0.39 is 5.97 Å². The standard InChI is InChI=1S/C10H11N3O3/c1-6-3-8(14)13(5-9(15)16)10-7(6)4-12(2)11-10/h3-4H,5H2,1-2H3,(H,15,16). The molecule has 0 unspecified atom stereocenters. The fraction of sp³-hybridized carbons (Fsp3) is 0.300. The molecule has 6 nitrogen and oxygen atoms in total. The van der Waals surface area contributed by atoms with Crippen molar-refractivity contribution in [1.29, 1.82) is 0 Å². The molecule has 2 rings (SSSR count). The molecular weight excluding hydrogens is 210 g/mol. The fourth-order valence-corrected chi connectivity index (χ4v) is 1.69. The quantitative estimate of drug-likeness (QED) is 0.781. The van der Waals surface area contributed by atoms with Gasteiger partial charge in [-0.25, -0.2) is 0 Å². The second kappa shape index (κ2) is 3.48. The van der Waals surface area contributed by atoms with Crippen LogP contribution in [0.1, 0.15) is 5.56 Å². The van der Waals surface area contributed by atoms with Crippen LogP contribution in [0, 0.1) is 6.92 Å². The Labute approximate surface area is 90.7 Å². The number of carboxylic acid groups (broad SMARTS) is 1. The van der Waals surface area contributed by atoms with Crippen LogP contribution in [-0.4, -0.2) is 25.4 Å². The first-order valence-corrected chi connectivity index (χ1v) is 4.74. The third-order valence-corrected chi connectivity index (χ3v) is 2.39. The predicted octanol–water partition coefficient (Wildman–Crippen LogP) is 0.128. The number of aryl methyl sites for hydroxylation is 2. The van der Waals surface area contributed by atoms with Crippen molar-refractivity contribution in [3.05, 3.63) is 28.2 Å². The average molecular weight is 221 g/mol. The lowest BCUT2D eigenvalue weighted by Gasteiger charge is -2.03. The van der Waals surface area contributed by atoms with Crippen molar-refractivity contribution in [3.63, 3.8) is 0 Å². The number of rotatable bonds is 2. The van der Waals surface area contributed by atoms with Crippen molar-refractivity contribution in [1.82, 2.24) is 14.3 Å². The Hall–Kier alpha value is -2.11. The molecule has 84 valence electrons. The van der Waals surface area contributed by atoms with Crippen LogP contribution in [-0.2, 0) is 18.4 Å². The molecule has 0 aliphatic heterocycles. The first kappa shape index (κ1) is 10.4. The van der Waals surface area contributed by atoms with Crippen LogP contribution in [0.5, 0.6) is 0 Å². The minimum absolute atomic E-state index is 0.342. The summed E-state index contributed by atoms with van der Waals surface area (Å²) in [5.74, 6) is -1.06. The number of fused-ring (bicyclic) bond motifs is 1. The zero-order chi connectivity index (χ0) is 11.9. The van der Waals surface area contributed by atoms with Crippen LogP contribution >= 0.6 is 0 Å². The van der Waals surface area contributed by atoms with Crippen LogP contribution in [0.2, 0.25) is 0 Å². The molecule has 1 N–H and O–H groups in total. The van der Waals surface area contributed by atoms with E-state index in [-0.39, 0.29) is 12.1 Å². The largest absolute Gasteiger partial charge is 0.480 e. The van der Waals surface area contributed by atoms with E-state index in [2.05, 4.69) is 5.10 Å². The van der Waals surface area contributed by atoms with Crippen LogP contribution in [0.3, 0.4) is 0 Å². The van der Waals surface area contributed by atoms with E-state index in [0.29, 0.717) is 5.65 Å². The van der Waals surface area contributed by atoms with Gasteiger partial charge in [0.25, 0.3) is 5.56 Å². The Morgan fingerprint density at radius 1 is 1.56 bits per heavy atom. The van der Waals surface area contributed by atoms with Crippen molar-refractivity contribution in [2.24, 2.45) is 7.05 Å². The molecule has 2 aromatic heterocycles. The van der Waals surface area contributed by atoms with Crippen molar-refractivity contribution >= 4 is 17.0 Å². The van der Waals surface area contributed by atoms with Gasteiger partial charge in [-0.3, -0.25) is 18.8 Å². The molecule has 0 bridgehead atoms. The van der Waals surface area contributed by atoms with Crippen molar-refractivity contribution in [2.45, 2.75) is 13.5 Å². The molecule has 0 fully saturated rings. The molecule has 0 radical (unpaired) electrons. The maximum absolute atomic E-state index is 11.6. The topological polar surface area (TPSA) is 77.1 Å². The fourth-order valence-electron chi connectivity index (χ4n) is 1.69. The summed E-state index contributed by atoms with van der Waals surface area (Å²) in [5, 5.41) is 13.6. The van der Waals surface area contributed by atoms with Gasteiger partial charge in [0, 0.05) is 24.7 Å². The van der Waals surface area contributed by atoms with Crippen molar-refractivity contribution in [2.75, 3.05) is 0 Å². The van der Waals surface area contributed by atoms with Crippen LogP contribution in [0.15, 0.2) is 17.1 Å². The van der Waals surface area contributed by atoms with E-state index in [1.807, 2.05) is 0 Å². The van der Waals surface area contributed by atoms with Crippen LogP contribution in [0.25, 0.3) is 11.0 Å². The first-order valence-electron chi connectivity index (χ1n) is 4.74. The lowest BCUT2D eigenvalue weighted by Crippen LogP contribution is -2.24. The SMILES string of the molecule is Cc1cc(=O)n(CC(=O)O)c2nn(C)cc12.